The van der Waals surface area contributed by atoms with Crippen LogP contribution in [0.4, 0.5) is 5.82 Å². The molecule has 17 heavy (non-hydrogen) atoms. The van der Waals surface area contributed by atoms with Crippen LogP contribution in [0.5, 0.6) is 0 Å². The lowest BCUT2D eigenvalue weighted by Crippen LogP contribution is -2.36. The van der Waals surface area contributed by atoms with Gasteiger partial charge in [-0.15, -0.1) is 11.3 Å². The first-order valence-electron chi connectivity index (χ1n) is 5.50. The van der Waals surface area contributed by atoms with Gasteiger partial charge in [-0.3, -0.25) is 0 Å². The first-order valence-corrected chi connectivity index (χ1v) is 6.70. The van der Waals surface area contributed by atoms with E-state index in [0.29, 0.717) is 5.28 Å². The van der Waals surface area contributed by atoms with Crippen molar-refractivity contribution in [3.63, 3.8) is 0 Å². The van der Waals surface area contributed by atoms with Gasteiger partial charge in [-0.1, -0.05) is 0 Å². The molecule has 1 aliphatic rings. The Kier molecular flexibility index (Phi) is 2.90. The largest absolute Gasteiger partial charge is 0.378 e. The standard InChI is InChI=1S/C11H12ClN3OS/c1-7-6-8-9(17-7)10(14-11(12)13-8)15-2-4-16-5-3-15/h6H,2-5H2,1H3. The Morgan fingerprint density at radius 2 is 2.12 bits per heavy atom. The molecule has 0 bridgehead atoms. The second kappa shape index (κ2) is 4.40. The third kappa shape index (κ3) is 2.10. The Bertz CT molecular complexity index is 551. The van der Waals surface area contributed by atoms with E-state index in [2.05, 4.69) is 27.9 Å². The number of hydrogen-bond donors (Lipinski definition) is 0. The molecule has 0 atom stereocenters. The van der Waals surface area contributed by atoms with Gasteiger partial charge in [-0.25, -0.2) is 4.98 Å². The fourth-order valence-electron chi connectivity index (χ4n) is 2.00. The molecule has 90 valence electrons. The number of ether oxygens (including phenoxy) is 1. The molecule has 0 aromatic carbocycles. The van der Waals surface area contributed by atoms with E-state index in [-0.39, 0.29) is 0 Å². The minimum absolute atomic E-state index is 0.316. The molecule has 6 heteroatoms. The summed E-state index contributed by atoms with van der Waals surface area (Å²) < 4.78 is 6.47. The zero-order chi connectivity index (χ0) is 11.8. The molecule has 2 aromatic rings. The average Bonchev–Trinajstić information content (AvgIpc) is 2.69. The molecule has 0 spiro atoms. The number of nitrogens with zero attached hydrogens (tertiary/aromatic N) is 3. The van der Waals surface area contributed by atoms with Crippen LogP contribution in [0.2, 0.25) is 5.28 Å². The minimum Gasteiger partial charge on any atom is -0.378 e. The first kappa shape index (κ1) is 11.2. The van der Waals surface area contributed by atoms with Gasteiger partial charge in [-0.2, -0.15) is 4.98 Å². The van der Waals surface area contributed by atoms with E-state index in [1.807, 2.05) is 0 Å². The predicted molar refractivity (Wildman–Crippen MR) is 70.2 cm³/mol. The Morgan fingerprint density at radius 1 is 1.35 bits per heavy atom. The van der Waals surface area contributed by atoms with Crippen LogP contribution in [-0.4, -0.2) is 36.3 Å². The number of aromatic nitrogens is 2. The third-order valence-corrected chi connectivity index (χ3v) is 3.96. The summed E-state index contributed by atoms with van der Waals surface area (Å²) >= 11 is 7.69. The summed E-state index contributed by atoms with van der Waals surface area (Å²) in [7, 11) is 0. The molecule has 4 nitrogen and oxygen atoms in total. The highest BCUT2D eigenvalue weighted by Crippen LogP contribution is 2.32. The van der Waals surface area contributed by atoms with Crippen LogP contribution in [0, 0.1) is 6.92 Å². The van der Waals surface area contributed by atoms with Gasteiger partial charge in [0.05, 0.1) is 23.4 Å². The highest BCUT2D eigenvalue weighted by atomic mass is 35.5. The summed E-state index contributed by atoms with van der Waals surface area (Å²) in [6.07, 6.45) is 0. The quantitative estimate of drug-likeness (QED) is 0.746. The minimum atomic E-state index is 0.316. The van der Waals surface area contributed by atoms with Crippen molar-refractivity contribution < 1.29 is 4.74 Å². The van der Waals surface area contributed by atoms with Crippen molar-refractivity contribution in [3.05, 3.63) is 16.2 Å². The Hall–Kier alpha value is -0.910. The highest BCUT2D eigenvalue weighted by molar-refractivity contribution is 7.19. The molecule has 2 aromatic heterocycles. The van der Waals surface area contributed by atoms with Crippen molar-refractivity contribution in [1.29, 1.82) is 0 Å². The van der Waals surface area contributed by atoms with Crippen molar-refractivity contribution in [3.8, 4) is 0 Å². The predicted octanol–water partition coefficient (Wildman–Crippen LogP) is 2.49. The fourth-order valence-corrected chi connectivity index (χ4v) is 3.13. The third-order valence-electron chi connectivity index (χ3n) is 2.76. The normalized spacial score (nSPS) is 16.7. The fraction of sp³-hybridized carbons (Fsp3) is 0.455. The second-order valence-electron chi connectivity index (χ2n) is 3.99. The molecule has 0 saturated carbocycles. The van der Waals surface area contributed by atoms with Crippen molar-refractivity contribution in [2.24, 2.45) is 0 Å². The van der Waals surface area contributed by atoms with Crippen LogP contribution in [-0.2, 0) is 4.74 Å². The molecule has 0 aliphatic carbocycles. The number of aryl methyl sites for hydroxylation is 1. The van der Waals surface area contributed by atoms with Gasteiger partial charge in [0.25, 0.3) is 0 Å². The van der Waals surface area contributed by atoms with Crippen LogP contribution in [0.15, 0.2) is 6.07 Å². The highest BCUT2D eigenvalue weighted by Gasteiger charge is 2.18. The van der Waals surface area contributed by atoms with E-state index in [1.54, 1.807) is 11.3 Å². The van der Waals surface area contributed by atoms with Gasteiger partial charge >= 0.3 is 0 Å². The second-order valence-corrected chi connectivity index (χ2v) is 5.58. The average molecular weight is 270 g/mol. The maximum Gasteiger partial charge on any atom is 0.224 e. The van der Waals surface area contributed by atoms with E-state index >= 15 is 0 Å². The van der Waals surface area contributed by atoms with E-state index in [0.717, 1.165) is 42.3 Å². The van der Waals surface area contributed by atoms with Crippen molar-refractivity contribution in [1.82, 2.24) is 9.97 Å². The summed E-state index contributed by atoms with van der Waals surface area (Å²) in [5.74, 6) is 0.946. The molecule has 3 heterocycles. The lowest BCUT2D eigenvalue weighted by Gasteiger charge is -2.28. The van der Waals surface area contributed by atoms with Gasteiger partial charge in [0.15, 0.2) is 5.82 Å². The smallest absolute Gasteiger partial charge is 0.224 e. The lowest BCUT2D eigenvalue weighted by atomic mass is 10.3. The summed E-state index contributed by atoms with van der Waals surface area (Å²) in [6.45, 7) is 5.28. The molecular formula is C11H12ClN3OS. The zero-order valence-electron chi connectivity index (χ0n) is 9.44. The zero-order valence-corrected chi connectivity index (χ0v) is 11.0. The van der Waals surface area contributed by atoms with Crippen LogP contribution in [0.25, 0.3) is 10.2 Å². The maximum atomic E-state index is 5.98. The van der Waals surface area contributed by atoms with Crippen LogP contribution >= 0.6 is 22.9 Å². The van der Waals surface area contributed by atoms with Crippen LogP contribution in [0.3, 0.4) is 0 Å². The Balaban J connectivity index is 2.12. The molecular weight excluding hydrogens is 258 g/mol. The van der Waals surface area contributed by atoms with Gasteiger partial charge < -0.3 is 9.64 Å². The summed E-state index contributed by atoms with van der Waals surface area (Å²) in [5.41, 5.74) is 0.939. The summed E-state index contributed by atoms with van der Waals surface area (Å²) in [6, 6.07) is 2.05. The number of rotatable bonds is 1. The number of halogens is 1. The Labute approximate surface area is 108 Å². The molecule has 1 aliphatic heterocycles. The molecule has 0 radical (unpaired) electrons. The van der Waals surface area contributed by atoms with E-state index < -0.39 is 0 Å². The number of morpholine rings is 1. The first-order chi connectivity index (χ1) is 8.24. The van der Waals surface area contributed by atoms with Crippen molar-refractivity contribution in [2.75, 3.05) is 31.2 Å². The molecule has 0 N–H and O–H groups in total. The summed E-state index contributed by atoms with van der Waals surface area (Å²) in [4.78, 5) is 12.1. The number of fused-ring (bicyclic) bond motifs is 1. The van der Waals surface area contributed by atoms with Gasteiger partial charge in [0.1, 0.15) is 0 Å². The topological polar surface area (TPSA) is 38.2 Å². The lowest BCUT2D eigenvalue weighted by molar-refractivity contribution is 0.122. The molecule has 0 amide bonds. The van der Waals surface area contributed by atoms with E-state index in [9.17, 15) is 0 Å². The number of hydrogen-bond acceptors (Lipinski definition) is 5. The van der Waals surface area contributed by atoms with Crippen molar-refractivity contribution >= 4 is 39.0 Å². The maximum absolute atomic E-state index is 5.98. The molecule has 3 rings (SSSR count). The number of anilines is 1. The molecule has 0 unspecified atom stereocenters. The van der Waals surface area contributed by atoms with Gasteiger partial charge in [0.2, 0.25) is 5.28 Å². The molecule has 1 saturated heterocycles. The van der Waals surface area contributed by atoms with Crippen molar-refractivity contribution in [2.45, 2.75) is 6.92 Å². The van der Waals surface area contributed by atoms with Gasteiger partial charge in [0, 0.05) is 18.0 Å². The SMILES string of the molecule is Cc1cc2nc(Cl)nc(N3CCOCC3)c2s1. The molecule has 1 fully saturated rings. The van der Waals surface area contributed by atoms with E-state index in [4.69, 9.17) is 16.3 Å². The summed E-state index contributed by atoms with van der Waals surface area (Å²) in [5, 5.41) is 0.316. The van der Waals surface area contributed by atoms with Gasteiger partial charge in [-0.05, 0) is 24.6 Å². The monoisotopic (exact) mass is 269 g/mol. The van der Waals surface area contributed by atoms with E-state index in [1.165, 1.54) is 4.88 Å². The van der Waals surface area contributed by atoms with Crippen LogP contribution in [0.1, 0.15) is 4.88 Å². The van der Waals surface area contributed by atoms with Crippen LogP contribution < -0.4 is 4.90 Å². The Morgan fingerprint density at radius 3 is 2.88 bits per heavy atom. The number of thiophene rings is 1.